The number of para-hydroxylation sites is 1. The van der Waals surface area contributed by atoms with Gasteiger partial charge in [-0.05, 0) is 59.0 Å². The molecule has 0 radical (unpaired) electrons. The number of benzene rings is 2. The molecule has 0 bridgehead atoms. The molecule has 2 aromatic rings. The van der Waals surface area contributed by atoms with Gasteiger partial charge in [0.2, 0.25) is 0 Å². The van der Waals surface area contributed by atoms with Crippen molar-refractivity contribution in [2.75, 3.05) is 18.4 Å². The number of anilines is 1. The Morgan fingerprint density at radius 3 is 2.57 bits per heavy atom. The number of fused-ring (bicyclic) bond motifs is 2. The number of halogens is 1. The first-order valence-electron chi connectivity index (χ1n) is 6.51. The highest BCUT2D eigenvalue weighted by molar-refractivity contribution is 14.1. The minimum Gasteiger partial charge on any atom is -0.309 e. The van der Waals surface area contributed by atoms with Crippen LogP contribution >= 0.6 is 22.6 Å². The lowest BCUT2D eigenvalue weighted by Gasteiger charge is -2.20. The molecule has 0 fully saturated rings. The Labute approximate surface area is 138 Å². The summed E-state index contributed by atoms with van der Waals surface area (Å²) in [5.41, 5.74) is 2.46. The van der Waals surface area contributed by atoms with Crippen molar-refractivity contribution in [2.45, 2.75) is 10.9 Å². The largest absolute Gasteiger partial charge is 0.309 e. The molecule has 1 aliphatic rings. The van der Waals surface area contributed by atoms with Crippen LogP contribution in [0.4, 0.5) is 5.69 Å². The molecule has 0 spiro atoms. The van der Waals surface area contributed by atoms with Crippen molar-refractivity contribution in [1.29, 1.82) is 0 Å². The van der Waals surface area contributed by atoms with Crippen LogP contribution in [0.3, 0.4) is 0 Å². The molecule has 0 amide bonds. The Kier molecular flexibility index (Phi) is 3.71. The average Bonchev–Trinajstić information content (AvgIpc) is 2.54. The molecular formula is C15H15IN2O2S. The molecule has 4 nitrogen and oxygen atoms in total. The zero-order valence-corrected chi connectivity index (χ0v) is 14.6. The number of nitrogens with zero attached hydrogens (tertiary/aromatic N) is 1. The zero-order valence-electron chi connectivity index (χ0n) is 11.7. The lowest BCUT2D eigenvalue weighted by molar-refractivity contribution is 0.592. The fourth-order valence-corrected chi connectivity index (χ4v) is 4.93. The van der Waals surface area contributed by atoms with Gasteiger partial charge in [-0.2, -0.15) is 0 Å². The maximum atomic E-state index is 12.9. The molecule has 1 N–H and O–H groups in total. The van der Waals surface area contributed by atoms with E-state index in [-0.39, 0.29) is 6.04 Å². The molecular weight excluding hydrogens is 399 g/mol. The maximum absolute atomic E-state index is 12.9. The summed E-state index contributed by atoms with van der Waals surface area (Å²) in [7, 11) is -0.0923. The van der Waals surface area contributed by atoms with E-state index in [1.54, 1.807) is 13.1 Å². The van der Waals surface area contributed by atoms with Crippen molar-refractivity contribution in [3.05, 3.63) is 57.2 Å². The van der Waals surface area contributed by atoms with Gasteiger partial charge in [0, 0.05) is 10.6 Å². The molecule has 3 rings (SSSR count). The topological polar surface area (TPSA) is 49.4 Å². The summed E-state index contributed by atoms with van der Waals surface area (Å²) in [5, 5.41) is 3.24. The summed E-state index contributed by atoms with van der Waals surface area (Å²) in [6, 6.07) is 13.0. The van der Waals surface area contributed by atoms with Gasteiger partial charge in [0.1, 0.15) is 0 Å². The van der Waals surface area contributed by atoms with Crippen LogP contribution < -0.4 is 9.62 Å². The van der Waals surface area contributed by atoms with E-state index in [1.807, 2.05) is 43.4 Å². The van der Waals surface area contributed by atoms with E-state index >= 15 is 0 Å². The second-order valence-corrected chi connectivity index (χ2v) is 8.12. The van der Waals surface area contributed by atoms with Crippen LogP contribution in [0.25, 0.3) is 0 Å². The third kappa shape index (κ3) is 2.25. The zero-order chi connectivity index (χ0) is 15.2. The summed E-state index contributed by atoms with van der Waals surface area (Å²) in [6.45, 7) is 0. The first-order chi connectivity index (χ1) is 9.96. The molecule has 0 saturated heterocycles. The summed E-state index contributed by atoms with van der Waals surface area (Å²) >= 11 is 2.14. The lowest BCUT2D eigenvalue weighted by Crippen LogP contribution is -2.26. The third-order valence-corrected chi connectivity index (χ3v) is 6.30. The van der Waals surface area contributed by atoms with Crippen molar-refractivity contribution in [2.24, 2.45) is 0 Å². The molecule has 0 aromatic heterocycles. The van der Waals surface area contributed by atoms with Crippen molar-refractivity contribution < 1.29 is 8.42 Å². The maximum Gasteiger partial charge on any atom is 0.264 e. The van der Waals surface area contributed by atoms with E-state index < -0.39 is 10.0 Å². The summed E-state index contributed by atoms with van der Waals surface area (Å²) in [5.74, 6) is 0. The fraction of sp³-hybridized carbons (Fsp3) is 0.200. The Morgan fingerprint density at radius 2 is 1.86 bits per heavy atom. The monoisotopic (exact) mass is 414 g/mol. The Morgan fingerprint density at radius 1 is 1.14 bits per heavy atom. The van der Waals surface area contributed by atoms with E-state index in [4.69, 9.17) is 0 Å². The fourth-order valence-electron chi connectivity index (χ4n) is 2.74. The molecule has 0 saturated carbocycles. The number of nitrogens with one attached hydrogen (secondary N) is 1. The second kappa shape index (κ2) is 5.26. The molecule has 1 heterocycles. The van der Waals surface area contributed by atoms with Crippen molar-refractivity contribution >= 4 is 38.3 Å². The van der Waals surface area contributed by atoms with E-state index in [0.29, 0.717) is 10.6 Å². The predicted octanol–water partition coefficient (Wildman–Crippen LogP) is 2.74. The van der Waals surface area contributed by atoms with Gasteiger partial charge in [-0.3, -0.25) is 4.31 Å². The minimum atomic E-state index is -3.55. The predicted molar refractivity (Wildman–Crippen MR) is 92.1 cm³/mol. The SMILES string of the molecule is CNC1c2ccccc2N(C)S(=O)(=O)c2cc(I)ccc21. The molecule has 1 aliphatic heterocycles. The van der Waals surface area contributed by atoms with E-state index in [1.165, 1.54) is 4.31 Å². The molecule has 1 atom stereocenters. The Bertz CT molecular complexity index is 805. The molecule has 110 valence electrons. The minimum absolute atomic E-state index is 0.145. The highest BCUT2D eigenvalue weighted by Gasteiger charge is 2.34. The van der Waals surface area contributed by atoms with Crippen LogP contribution in [-0.2, 0) is 10.0 Å². The number of hydrogen-bond acceptors (Lipinski definition) is 3. The highest BCUT2D eigenvalue weighted by Crippen LogP contribution is 2.40. The van der Waals surface area contributed by atoms with Crippen LogP contribution in [0.15, 0.2) is 47.4 Å². The average molecular weight is 414 g/mol. The van der Waals surface area contributed by atoms with Gasteiger partial charge in [-0.25, -0.2) is 8.42 Å². The van der Waals surface area contributed by atoms with E-state index in [2.05, 4.69) is 27.9 Å². The van der Waals surface area contributed by atoms with Crippen LogP contribution in [0.5, 0.6) is 0 Å². The van der Waals surface area contributed by atoms with Gasteiger partial charge in [-0.15, -0.1) is 0 Å². The molecule has 6 heteroatoms. The Hall–Kier alpha value is -1.12. The molecule has 0 aliphatic carbocycles. The summed E-state index contributed by atoms with van der Waals surface area (Å²) in [6.07, 6.45) is 0. The number of rotatable bonds is 1. The van der Waals surface area contributed by atoms with Gasteiger partial charge in [0.25, 0.3) is 10.0 Å². The van der Waals surface area contributed by atoms with Crippen molar-refractivity contribution in [3.63, 3.8) is 0 Å². The van der Waals surface area contributed by atoms with Gasteiger partial charge in [-0.1, -0.05) is 24.3 Å². The van der Waals surface area contributed by atoms with Gasteiger partial charge in [0.05, 0.1) is 16.6 Å². The smallest absolute Gasteiger partial charge is 0.264 e. The normalized spacial score (nSPS) is 19.6. The number of sulfonamides is 1. The standard InChI is InChI=1S/C15H15IN2O2S/c1-17-15-11-5-3-4-6-13(11)18(2)21(19,20)14-9-10(16)7-8-12(14)15/h3-9,15,17H,1-2H3. The lowest BCUT2D eigenvalue weighted by atomic mass is 9.97. The Balaban J connectivity index is 2.41. The number of hydrogen-bond donors (Lipinski definition) is 1. The van der Waals surface area contributed by atoms with Gasteiger partial charge >= 0.3 is 0 Å². The quantitative estimate of drug-likeness (QED) is 0.731. The highest BCUT2D eigenvalue weighted by atomic mass is 127. The van der Waals surface area contributed by atoms with Crippen LogP contribution in [-0.4, -0.2) is 22.5 Å². The van der Waals surface area contributed by atoms with E-state index in [0.717, 1.165) is 14.7 Å². The van der Waals surface area contributed by atoms with Crippen molar-refractivity contribution in [1.82, 2.24) is 5.32 Å². The van der Waals surface area contributed by atoms with Gasteiger partial charge < -0.3 is 5.32 Å². The summed E-state index contributed by atoms with van der Waals surface area (Å²) in [4.78, 5) is 0.368. The van der Waals surface area contributed by atoms with Gasteiger partial charge in [0.15, 0.2) is 0 Å². The first-order valence-corrected chi connectivity index (χ1v) is 9.03. The van der Waals surface area contributed by atoms with Crippen LogP contribution in [0.1, 0.15) is 17.2 Å². The summed E-state index contributed by atoms with van der Waals surface area (Å²) < 4.78 is 28.1. The molecule has 2 aromatic carbocycles. The van der Waals surface area contributed by atoms with Crippen molar-refractivity contribution in [3.8, 4) is 0 Å². The van der Waals surface area contributed by atoms with Crippen LogP contribution in [0, 0.1) is 3.57 Å². The first kappa shape index (κ1) is 14.8. The second-order valence-electron chi connectivity index (χ2n) is 4.94. The third-order valence-electron chi connectivity index (χ3n) is 3.80. The van der Waals surface area contributed by atoms with Crippen LogP contribution in [0.2, 0.25) is 0 Å². The van der Waals surface area contributed by atoms with E-state index in [9.17, 15) is 8.42 Å². The molecule has 21 heavy (non-hydrogen) atoms. The molecule has 1 unspecified atom stereocenters.